The quantitative estimate of drug-likeness (QED) is 0.796. The zero-order valence-electron chi connectivity index (χ0n) is 15.3. The normalized spacial score (nSPS) is 22.5. The predicted molar refractivity (Wildman–Crippen MR) is 99.5 cm³/mol. The van der Waals surface area contributed by atoms with Crippen molar-refractivity contribution in [1.29, 1.82) is 0 Å². The van der Waals surface area contributed by atoms with E-state index in [1.807, 2.05) is 30.3 Å². The van der Waals surface area contributed by atoms with Crippen molar-refractivity contribution in [3.63, 3.8) is 0 Å². The van der Waals surface area contributed by atoms with Gasteiger partial charge in [0.05, 0.1) is 5.92 Å². The Labute approximate surface area is 154 Å². The van der Waals surface area contributed by atoms with Gasteiger partial charge in [-0.3, -0.25) is 9.59 Å². The largest absolute Gasteiger partial charge is 0.387 e. The van der Waals surface area contributed by atoms with Crippen molar-refractivity contribution < 1.29 is 14.4 Å². The molecule has 1 aromatic carbocycles. The van der Waals surface area contributed by atoms with E-state index in [4.69, 9.17) is 4.84 Å². The number of nitrogens with one attached hydrogen (secondary N) is 1. The molecule has 0 radical (unpaired) electrons. The van der Waals surface area contributed by atoms with Crippen LogP contribution in [0.25, 0.3) is 0 Å². The zero-order valence-corrected chi connectivity index (χ0v) is 15.3. The average molecular weight is 357 g/mol. The number of hydrogen-bond donors (Lipinski definition) is 1. The first-order valence-corrected chi connectivity index (χ1v) is 9.53. The van der Waals surface area contributed by atoms with E-state index < -0.39 is 0 Å². The smallest absolute Gasteiger partial charge is 0.271 e. The van der Waals surface area contributed by atoms with Crippen LogP contribution >= 0.6 is 0 Å². The average Bonchev–Trinajstić information content (AvgIpc) is 3.18. The third-order valence-electron chi connectivity index (χ3n) is 5.00. The number of oxime groups is 1. The van der Waals surface area contributed by atoms with Crippen molar-refractivity contribution in [3.8, 4) is 0 Å². The van der Waals surface area contributed by atoms with Gasteiger partial charge < -0.3 is 15.1 Å². The van der Waals surface area contributed by atoms with Gasteiger partial charge in [0.2, 0.25) is 5.91 Å². The van der Waals surface area contributed by atoms with E-state index in [2.05, 4.69) is 17.4 Å². The van der Waals surface area contributed by atoms with Crippen LogP contribution in [0.1, 0.15) is 50.7 Å². The first kappa shape index (κ1) is 18.4. The van der Waals surface area contributed by atoms with E-state index in [-0.39, 0.29) is 23.8 Å². The fourth-order valence-electron chi connectivity index (χ4n) is 3.44. The molecule has 6 heteroatoms. The molecule has 140 valence electrons. The topological polar surface area (TPSA) is 71.0 Å². The van der Waals surface area contributed by atoms with Crippen LogP contribution in [0.4, 0.5) is 0 Å². The molecule has 1 saturated heterocycles. The van der Waals surface area contributed by atoms with Crippen LogP contribution in [0, 0.1) is 5.92 Å². The highest BCUT2D eigenvalue weighted by atomic mass is 16.6. The van der Waals surface area contributed by atoms with Crippen molar-refractivity contribution in [2.45, 2.75) is 45.1 Å². The highest BCUT2D eigenvalue weighted by Crippen LogP contribution is 2.28. The first-order chi connectivity index (χ1) is 12.7. The number of carbonyl (C=O) groups excluding carboxylic acids is 2. The third-order valence-corrected chi connectivity index (χ3v) is 5.00. The minimum Gasteiger partial charge on any atom is -0.387 e. The lowest BCUT2D eigenvalue weighted by Gasteiger charge is -2.31. The summed E-state index contributed by atoms with van der Waals surface area (Å²) in [5, 5.41) is 7.00. The molecule has 2 unspecified atom stereocenters. The number of carbonyl (C=O) groups is 2. The lowest BCUT2D eigenvalue weighted by molar-refractivity contribution is -0.131. The van der Waals surface area contributed by atoms with E-state index in [1.165, 1.54) is 0 Å². The van der Waals surface area contributed by atoms with Gasteiger partial charge in [0.15, 0.2) is 6.10 Å². The van der Waals surface area contributed by atoms with E-state index in [0.717, 1.165) is 31.2 Å². The summed E-state index contributed by atoms with van der Waals surface area (Å²) in [5.41, 5.74) is 1.47. The molecule has 2 aliphatic rings. The van der Waals surface area contributed by atoms with Gasteiger partial charge in [0.1, 0.15) is 5.71 Å². The van der Waals surface area contributed by atoms with Crippen LogP contribution in [0.5, 0.6) is 0 Å². The SMILES string of the molecule is CCCCNC(=O)C1CCCN(C(=O)C2=NOC(c3ccccc3)C2)C1. The van der Waals surface area contributed by atoms with Gasteiger partial charge in [-0.05, 0) is 24.8 Å². The van der Waals surface area contributed by atoms with Gasteiger partial charge in [0, 0.05) is 26.1 Å². The second-order valence-electron chi connectivity index (χ2n) is 6.98. The maximum atomic E-state index is 12.8. The monoisotopic (exact) mass is 357 g/mol. The Balaban J connectivity index is 1.54. The number of rotatable bonds is 6. The number of piperidine rings is 1. The minimum atomic E-state index is -0.201. The Morgan fingerprint density at radius 3 is 2.88 bits per heavy atom. The second-order valence-corrected chi connectivity index (χ2v) is 6.98. The first-order valence-electron chi connectivity index (χ1n) is 9.53. The number of unbranched alkanes of at least 4 members (excludes halogenated alkanes) is 1. The lowest BCUT2D eigenvalue weighted by atomic mass is 9.96. The van der Waals surface area contributed by atoms with Gasteiger partial charge in [0.25, 0.3) is 5.91 Å². The molecule has 0 bridgehead atoms. The minimum absolute atomic E-state index is 0.0581. The Kier molecular flexibility index (Phi) is 6.26. The van der Waals surface area contributed by atoms with Crippen molar-refractivity contribution in [2.75, 3.05) is 19.6 Å². The Hall–Kier alpha value is -2.37. The van der Waals surface area contributed by atoms with Gasteiger partial charge in [-0.1, -0.05) is 48.8 Å². The molecule has 1 N–H and O–H groups in total. The molecule has 26 heavy (non-hydrogen) atoms. The van der Waals surface area contributed by atoms with Gasteiger partial charge in [-0.15, -0.1) is 0 Å². The van der Waals surface area contributed by atoms with Crippen LogP contribution in [0.2, 0.25) is 0 Å². The summed E-state index contributed by atoms with van der Waals surface area (Å²) in [6.07, 6.45) is 3.99. The summed E-state index contributed by atoms with van der Waals surface area (Å²) < 4.78 is 0. The Bertz CT molecular complexity index is 660. The standard InChI is InChI=1S/C20H27N3O3/c1-2-3-11-21-19(24)16-10-7-12-23(14-16)20(25)17-13-18(26-22-17)15-8-5-4-6-9-15/h4-6,8-9,16,18H,2-3,7,10-14H2,1H3,(H,21,24). The summed E-state index contributed by atoms with van der Waals surface area (Å²) in [6, 6.07) is 9.80. The van der Waals surface area contributed by atoms with E-state index in [9.17, 15) is 9.59 Å². The van der Waals surface area contributed by atoms with Crippen LogP contribution in [-0.4, -0.2) is 42.1 Å². The summed E-state index contributed by atoms with van der Waals surface area (Å²) in [4.78, 5) is 32.3. The number of benzene rings is 1. The molecule has 0 saturated carbocycles. The molecular formula is C20H27N3O3. The van der Waals surface area contributed by atoms with Crippen molar-refractivity contribution in [3.05, 3.63) is 35.9 Å². The molecule has 3 rings (SSSR count). The van der Waals surface area contributed by atoms with Crippen LogP contribution < -0.4 is 5.32 Å². The van der Waals surface area contributed by atoms with Crippen LogP contribution in [-0.2, 0) is 14.4 Å². The number of nitrogens with zero attached hydrogens (tertiary/aromatic N) is 2. The van der Waals surface area contributed by atoms with E-state index in [1.54, 1.807) is 4.90 Å². The molecule has 0 aliphatic carbocycles. The molecular weight excluding hydrogens is 330 g/mol. The Morgan fingerprint density at radius 1 is 1.31 bits per heavy atom. The Morgan fingerprint density at radius 2 is 2.12 bits per heavy atom. The fourth-order valence-corrected chi connectivity index (χ4v) is 3.44. The van der Waals surface area contributed by atoms with Crippen molar-refractivity contribution in [1.82, 2.24) is 10.2 Å². The molecule has 1 aromatic rings. The fraction of sp³-hybridized carbons (Fsp3) is 0.550. The van der Waals surface area contributed by atoms with Gasteiger partial charge in [-0.25, -0.2) is 0 Å². The van der Waals surface area contributed by atoms with E-state index >= 15 is 0 Å². The van der Waals surface area contributed by atoms with E-state index in [0.29, 0.717) is 31.8 Å². The predicted octanol–water partition coefficient (Wildman–Crippen LogP) is 2.66. The maximum Gasteiger partial charge on any atom is 0.271 e. The van der Waals surface area contributed by atoms with Crippen molar-refractivity contribution >= 4 is 17.5 Å². The number of hydrogen-bond acceptors (Lipinski definition) is 4. The third kappa shape index (κ3) is 4.42. The molecule has 0 spiro atoms. The number of amides is 2. The molecule has 2 amide bonds. The van der Waals surface area contributed by atoms with Gasteiger partial charge >= 0.3 is 0 Å². The second kappa shape index (κ2) is 8.83. The lowest BCUT2D eigenvalue weighted by Crippen LogP contribution is -2.47. The summed E-state index contributed by atoms with van der Waals surface area (Å²) in [6.45, 7) is 3.94. The molecule has 2 heterocycles. The number of likely N-dealkylation sites (tertiary alicyclic amines) is 1. The highest BCUT2D eigenvalue weighted by Gasteiger charge is 2.34. The molecule has 1 fully saturated rings. The van der Waals surface area contributed by atoms with Crippen LogP contribution in [0.3, 0.4) is 0 Å². The highest BCUT2D eigenvalue weighted by molar-refractivity contribution is 6.39. The maximum absolute atomic E-state index is 12.8. The summed E-state index contributed by atoms with van der Waals surface area (Å²) >= 11 is 0. The van der Waals surface area contributed by atoms with Gasteiger partial charge in [-0.2, -0.15) is 0 Å². The molecule has 2 atom stereocenters. The summed E-state index contributed by atoms with van der Waals surface area (Å²) in [5.74, 6) is -0.172. The van der Waals surface area contributed by atoms with Crippen molar-refractivity contribution in [2.24, 2.45) is 11.1 Å². The zero-order chi connectivity index (χ0) is 18.4. The molecule has 0 aromatic heterocycles. The summed E-state index contributed by atoms with van der Waals surface area (Å²) in [7, 11) is 0. The molecule has 2 aliphatic heterocycles. The van der Waals surface area contributed by atoms with Crippen LogP contribution in [0.15, 0.2) is 35.5 Å². The molecule has 6 nitrogen and oxygen atoms in total.